The molecule has 0 bridgehead atoms. The van der Waals surface area contributed by atoms with Crippen LogP contribution < -0.4 is 16.1 Å². The number of nitrogens with zero attached hydrogens (tertiary/aromatic N) is 2. The first-order valence-electron chi connectivity index (χ1n) is 16.6. The number of aryl methyl sites for hydroxylation is 1. The fraction of sp³-hybridized carbons (Fsp3) is 0.543. The van der Waals surface area contributed by atoms with Crippen molar-refractivity contribution in [3.63, 3.8) is 0 Å². The highest BCUT2D eigenvalue weighted by atomic mass is 16.8. The Kier molecular flexibility index (Phi) is 14.5. The maximum absolute atomic E-state index is 13.8. The van der Waals surface area contributed by atoms with Gasteiger partial charge in [-0.3, -0.25) is 29.2 Å². The summed E-state index contributed by atoms with van der Waals surface area (Å²) in [6, 6.07) is 6.81. The Morgan fingerprint density at radius 2 is 1.76 bits per heavy atom. The van der Waals surface area contributed by atoms with Crippen LogP contribution in [0, 0.1) is 11.8 Å². The lowest BCUT2D eigenvalue weighted by Crippen LogP contribution is -2.61. The van der Waals surface area contributed by atoms with Gasteiger partial charge in [-0.2, -0.15) is 0 Å². The van der Waals surface area contributed by atoms with Gasteiger partial charge in [0.2, 0.25) is 11.8 Å². The zero-order valence-corrected chi connectivity index (χ0v) is 29.2. The molecule has 0 radical (unpaired) electrons. The van der Waals surface area contributed by atoms with Crippen LogP contribution in [0.15, 0.2) is 36.4 Å². The molecule has 268 valence electrons. The van der Waals surface area contributed by atoms with Gasteiger partial charge in [0, 0.05) is 17.6 Å². The summed E-state index contributed by atoms with van der Waals surface area (Å²) in [4.78, 5) is 68.3. The molecule has 2 heterocycles. The molecule has 1 saturated heterocycles. The number of carbonyl (C=O) groups is 5. The number of hydrazine groups is 1. The Hall–Kier alpha value is -4.56. The first-order valence-corrected chi connectivity index (χ1v) is 16.6. The second-order valence-electron chi connectivity index (χ2n) is 12.7. The summed E-state index contributed by atoms with van der Waals surface area (Å²) in [5, 5.41) is 17.0. The zero-order valence-electron chi connectivity index (χ0n) is 29.2. The summed E-state index contributed by atoms with van der Waals surface area (Å²) in [5.41, 5.74) is 5.24. The summed E-state index contributed by atoms with van der Waals surface area (Å²) in [5.74, 6) is -3.99. The minimum Gasteiger partial charge on any atom is -0.480 e. The largest absolute Gasteiger partial charge is 0.510 e. The van der Waals surface area contributed by atoms with Gasteiger partial charge in [0.25, 0.3) is 5.91 Å². The molecule has 14 nitrogen and oxygen atoms in total. The van der Waals surface area contributed by atoms with Crippen molar-refractivity contribution < 1.29 is 43.3 Å². The third kappa shape index (κ3) is 11.5. The van der Waals surface area contributed by atoms with Crippen LogP contribution in [0.5, 0.6) is 0 Å². The number of carboxylic acids is 1. The van der Waals surface area contributed by atoms with Crippen molar-refractivity contribution in [3.05, 3.63) is 47.7 Å². The number of aromatic nitrogens is 1. The number of hydrogen-bond acceptors (Lipinski definition) is 10. The van der Waals surface area contributed by atoms with E-state index in [2.05, 4.69) is 21.0 Å². The van der Waals surface area contributed by atoms with Crippen LogP contribution in [0.1, 0.15) is 72.6 Å². The van der Waals surface area contributed by atoms with Crippen LogP contribution in [0.2, 0.25) is 0 Å². The smallest absolute Gasteiger partial charge is 0.480 e. The fourth-order valence-corrected chi connectivity index (χ4v) is 5.17. The molecule has 2 aromatic rings. The predicted molar refractivity (Wildman–Crippen MR) is 182 cm³/mol. The van der Waals surface area contributed by atoms with E-state index in [1.165, 1.54) is 11.9 Å². The minimum absolute atomic E-state index is 0.297. The number of carbonyl (C=O) groups excluding carboxylic acids is 4. The van der Waals surface area contributed by atoms with Gasteiger partial charge in [-0.25, -0.2) is 10.2 Å². The van der Waals surface area contributed by atoms with Gasteiger partial charge in [0.15, 0.2) is 6.79 Å². The topological polar surface area (TPSA) is 185 Å². The molecule has 1 aromatic heterocycles. The number of ether oxygens (including phenoxy) is 3. The van der Waals surface area contributed by atoms with Crippen LogP contribution >= 0.6 is 0 Å². The Balaban J connectivity index is 1.77. The number of rotatable bonds is 15. The summed E-state index contributed by atoms with van der Waals surface area (Å²) in [6.07, 6.45) is 2.98. The zero-order chi connectivity index (χ0) is 36.2. The average molecular weight is 684 g/mol. The van der Waals surface area contributed by atoms with Crippen molar-refractivity contribution in [2.24, 2.45) is 11.8 Å². The Bertz CT molecular complexity index is 1510. The maximum Gasteiger partial charge on any atom is 0.510 e. The van der Waals surface area contributed by atoms with E-state index in [-0.39, 0.29) is 12.0 Å². The normalized spacial score (nSPS) is 17.4. The lowest BCUT2D eigenvalue weighted by Gasteiger charge is -2.34. The lowest BCUT2D eigenvalue weighted by molar-refractivity contribution is -0.148. The van der Waals surface area contributed by atoms with E-state index in [9.17, 15) is 29.1 Å². The molecule has 0 unspecified atom stereocenters. The van der Waals surface area contributed by atoms with Crippen molar-refractivity contribution in [2.75, 3.05) is 13.3 Å². The van der Waals surface area contributed by atoms with E-state index in [1.807, 2.05) is 37.3 Å². The molecule has 1 aromatic carbocycles. The van der Waals surface area contributed by atoms with Crippen molar-refractivity contribution in [3.8, 4) is 0 Å². The summed E-state index contributed by atoms with van der Waals surface area (Å²) < 4.78 is 15.7. The molecule has 3 rings (SSSR count). The van der Waals surface area contributed by atoms with E-state index in [4.69, 9.17) is 14.2 Å². The molecular weight excluding hydrogens is 634 g/mol. The second kappa shape index (κ2) is 18.3. The molecule has 14 heteroatoms. The van der Waals surface area contributed by atoms with Gasteiger partial charge in [-0.1, -0.05) is 51.1 Å². The molecule has 0 aliphatic carbocycles. The van der Waals surface area contributed by atoms with Crippen LogP contribution in [0.3, 0.4) is 0 Å². The third-order valence-electron chi connectivity index (χ3n) is 8.01. The van der Waals surface area contributed by atoms with Gasteiger partial charge in [0.1, 0.15) is 18.1 Å². The average Bonchev–Trinajstić information content (AvgIpc) is 3.05. The SMILES string of the molecule is CCc1ccc2ccc(/C=C/[C@@H](C(=O)N[C@H](C(=O)N[C@@H](C)C(=O)N3CCC[C@@H](C(=O)O)N3)C(C)C)[C@H](C)OCOC(=O)OC(C)C)cc2n1. The highest BCUT2D eigenvalue weighted by molar-refractivity contribution is 5.93. The molecule has 3 amide bonds. The van der Waals surface area contributed by atoms with Crippen molar-refractivity contribution in [1.29, 1.82) is 0 Å². The number of nitrogens with one attached hydrogen (secondary N) is 3. The summed E-state index contributed by atoms with van der Waals surface area (Å²) in [7, 11) is 0. The molecule has 1 fully saturated rings. The van der Waals surface area contributed by atoms with Crippen LogP contribution in [-0.2, 0) is 39.8 Å². The molecular formula is C35H49N5O9. The number of benzene rings is 1. The van der Waals surface area contributed by atoms with Crippen LogP contribution in [-0.4, -0.2) is 88.6 Å². The second-order valence-corrected chi connectivity index (χ2v) is 12.7. The number of pyridine rings is 1. The maximum atomic E-state index is 13.8. The Morgan fingerprint density at radius 3 is 2.41 bits per heavy atom. The van der Waals surface area contributed by atoms with E-state index in [0.717, 1.165) is 28.6 Å². The first-order chi connectivity index (χ1) is 23.2. The quantitative estimate of drug-likeness (QED) is 0.159. The minimum atomic E-state index is -1.07. The molecule has 0 spiro atoms. The Morgan fingerprint density at radius 1 is 1.04 bits per heavy atom. The number of fused-ring (bicyclic) bond motifs is 1. The molecule has 0 saturated carbocycles. The van der Waals surface area contributed by atoms with Gasteiger partial charge in [-0.05, 0) is 70.6 Å². The molecule has 4 N–H and O–H groups in total. The number of aliphatic carboxylic acids is 1. The van der Waals surface area contributed by atoms with E-state index < -0.39 is 66.8 Å². The molecule has 49 heavy (non-hydrogen) atoms. The van der Waals surface area contributed by atoms with Gasteiger partial charge in [0.05, 0.1) is 23.6 Å². The van der Waals surface area contributed by atoms with E-state index >= 15 is 0 Å². The third-order valence-corrected chi connectivity index (χ3v) is 8.01. The van der Waals surface area contributed by atoms with Crippen molar-refractivity contribution in [2.45, 2.75) is 98.1 Å². The van der Waals surface area contributed by atoms with E-state index in [1.54, 1.807) is 46.8 Å². The highest BCUT2D eigenvalue weighted by Gasteiger charge is 2.34. The predicted octanol–water partition coefficient (Wildman–Crippen LogP) is 3.58. The lowest BCUT2D eigenvalue weighted by atomic mass is 9.97. The van der Waals surface area contributed by atoms with Crippen LogP contribution in [0.25, 0.3) is 17.0 Å². The molecule has 1 aliphatic heterocycles. The van der Waals surface area contributed by atoms with Gasteiger partial charge in [-0.15, -0.1) is 0 Å². The monoisotopic (exact) mass is 683 g/mol. The van der Waals surface area contributed by atoms with Crippen molar-refractivity contribution >= 4 is 46.8 Å². The molecule has 1 aliphatic rings. The van der Waals surface area contributed by atoms with Crippen LogP contribution in [0.4, 0.5) is 4.79 Å². The summed E-state index contributed by atoms with van der Waals surface area (Å²) in [6.45, 7) is 11.9. The van der Waals surface area contributed by atoms with E-state index in [0.29, 0.717) is 19.4 Å². The fourth-order valence-electron chi connectivity index (χ4n) is 5.17. The molecule has 5 atom stereocenters. The Labute approximate surface area is 286 Å². The standard InChI is InChI=1S/C35H49N5O9/c1-8-26-15-14-25-13-11-24(18-29(25)37-26)12-16-27(23(7)47-19-48-35(46)49-21(4)5)31(41)38-30(20(2)3)32(42)36-22(6)33(43)40-17-9-10-28(39-40)34(44)45/h11-16,18,20-23,27-28,30,39H,8-10,17,19H2,1-7H3,(H,36,42)(H,38,41)(H,44,45)/b16-12+/t22-,23-,27+,28-,30-/m0/s1. The summed E-state index contributed by atoms with van der Waals surface area (Å²) >= 11 is 0. The number of carboxylic acid groups (broad SMARTS) is 1. The highest BCUT2D eigenvalue weighted by Crippen LogP contribution is 2.19. The van der Waals surface area contributed by atoms with Gasteiger partial charge >= 0.3 is 12.1 Å². The number of hydrogen-bond donors (Lipinski definition) is 4. The number of amides is 3. The van der Waals surface area contributed by atoms with Crippen molar-refractivity contribution in [1.82, 2.24) is 26.1 Å². The first kappa shape index (κ1) is 38.9. The van der Waals surface area contributed by atoms with Gasteiger partial charge < -0.3 is 30.0 Å².